The third-order valence-electron chi connectivity index (χ3n) is 6.86. The zero-order valence-electron chi connectivity index (χ0n) is 19.8. The first-order chi connectivity index (χ1) is 15.8. The Morgan fingerprint density at radius 2 is 1.85 bits per heavy atom. The van der Waals surface area contributed by atoms with Gasteiger partial charge >= 0.3 is 0 Å². The van der Waals surface area contributed by atoms with Gasteiger partial charge in [0.15, 0.2) is 0 Å². The van der Waals surface area contributed by atoms with Crippen molar-refractivity contribution in [3.8, 4) is 11.1 Å². The molecule has 4 rings (SSSR count). The normalized spacial score (nSPS) is 22.7. The Labute approximate surface area is 196 Å². The van der Waals surface area contributed by atoms with Crippen LogP contribution in [0.3, 0.4) is 0 Å². The number of rotatable bonds is 5. The number of amides is 3. The second-order valence-electron chi connectivity index (χ2n) is 9.75. The molecular weight excluding hydrogens is 414 g/mol. The van der Waals surface area contributed by atoms with Crippen LogP contribution in [-0.2, 0) is 20.8 Å². The molecule has 2 atom stereocenters. The number of benzene rings is 2. The van der Waals surface area contributed by atoms with Crippen LogP contribution >= 0.6 is 0 Å². The van der Waals surface area contributed by atoms with Gasteiger partial charge in [0.2, 0.25) is 17.7 Å². The van der Waals surface area contributed by atoms with E-state index in [1.54, 1.807) is 23.9 Å². The largest absolute Gasteiger partial charge is 0.348 e. The number of nitrogens with one attached hydrogen (secondary N) is 1. The van der Waals surface area contributed by atoms with Crippen molar-refractivity contribution < 1.29 is 14.4 Å². The molecule has 0 radical (unpaired) electrons. The number of hydrogen-bond acceptors (Lipinski definition) is 3. The third kappa shape index (κ3) is 4.95. The molecule has 3 amide bonds. The third-order valence-corrected chi connectivity index (χ3v) is 6.86. The molecule has 33 heavy (non-hydrogen) atoms. The molecule has 1 N–H and O–H groups in total. The van der Waals surface area contributed by atoms with Crippen LogP contribution in [0, 0.1) is 12.3 Å². The second kappa shape index (κ2) is 9.38. The van der Waals surface area contributed by atoms with Gasteiger partial charge in [0.25, 0.3) is 0 Å². The fourth-order valence-corrected chi connectivity index (χ4v) is 5.28. The minimum Gasteiger partial charge on any atom is -0.348 e. The summed E-state index contributed by atoms with van der Waals surface area (Å²) in [6, 6.07) is 16.3. The predicted molar refractivity (Wildman–Crippen MR) is 128 cm³/mol. The molecule has 6 nitrogen and oxygen atoms in total. The van der Waals surface area contributed by atoms with Crippen LogP contribution < -0.4 is 5.32 Å². The van der Waals surface area contributed by atoms with Crippen LogP contribution in [0.15, 0.2) is 48.5 Å². The van der Waals surface area contributed by atoms with Crippen molar-refractivity contribution in [1.82, 2.24) is 15.1 Å². The summed E-state index contributed by atoms with van der Waals surface area (Å²) in [5.41, 5.74) is 3.90. The molecule has 0 bridgehead atoms. The fourth-order valence-electron chi connectivity index (χ4n) is 5.28. The number of nitrogens with zero attached hydrogens (tertiary/aromatic N) is 2. The lowest BCUT2D eigenvalue weighted by atomic mass is 9.73. The first-order valence-corrected chi connectivity index (χ1v) is 11.7. The summed E-state index contributed by atoms with van der Waals surface area (Å²) in [5, 5.41) is 2.78. The van der Waals surface area contributed by atoms with Gasteiger partial charge in [0.1, 0.15) is 6.04 Å². The summed E-state index contributed by atoms with van der Waals surface area (Å²) in [5.74, 6) is -0.0876. The number of piperidine rings is 1. The van der Waals surface area contributed by atoms with Gasteiger partial charge in [-0.05, 0) is 49.3 Å². The van der Waals surface area contributed by atoms with E-state index in [2.05, 4.69) is 54.7 Å². The van der Waals surface area contributed by atoms with Crippen molar-refractivity contribution in [3.63, 3.8) is 0 Å². The van der Waals surface area contributed by atoms with Crippen molar-refractivity contribution in [2.75, 3.05) is 27.2 Å². The first-order valence-electron chi connectivity index (χ1n) is 11.7. The summed E-state index contributed by atoms with van der Waals surface area (Å²) < 4.78 is 0. The van der Waals surface area contributed by atoms with Gasteiger partial charge in [0.05, 0.1) is 5.41 Å². The lowest BCUT2D eigenvalue weighted by molar-refractivity contribution is -0.148. The SMILES string of the molecule is Cc1cccc(-c2cccc(C[C@@]3(C(=O)N(C)C)CCCN(C(=O)[C@@H]4CCC(=O)N4)C3)c2)c1. The Morgan fingerprint density at radius 3 is 2.52 bits per heavy atom. The quantitative estimate of drug-likeness (QED) is 0.765. The van der Waals surface area contributed by atoms with Crippen molar-refractivity contribution in [2.45, 2.75) is 45.1 Å². The molecule has 2 aliphatic heterocycles. The smallest absolute Gasteiger partial charge is 0.245 e. The highest BCUT2D eigenvalue weighted by atomic mass is 16.2. The molecule has 2 aliphatic rings. The number of likely N-dealkylation sites (tertiary alicyclic amines) is 1. The van der Waals surface area contributed by atoms with Crippen LogP contribution in [-0.4, -0.2) is 60.7 Å². The van der Waals surface area contributed by atoms with E-state index in [-0.39, 0.29) is 17.7 Å². The van der Waals surface area contributed by atoms with E-state index in [4.69, 9.17) is 0 Å². The van der Waals surface area contributed by atoms with E-state index in [1.165, 1.54) is 5.56 Å². The van der Waals surface area contributed by atoms with E-state index in [0.29, 0.717) is 32.4 Å². The van der Waals surface area contributed by atoms with E-state index >= 15 is 0 Å². The molecule has 174 valence electrons. The maximum Gasteiger partial charge on any atom is 0.245 e. The van der Waals surface area contributed by atoms with E-state index < -0.39 is 11.5 Å². The Bertz CT molecular complexity index is 1060. The molecule has 0 aromatic heterocycles. The Kier molecular flexibility index (Phi) is 6.54. The topological polar surface area (TPSA) is 69.7 Å². The summed E-state index contributed by atoms with van der Waals surface area (Å²) >= 11 is 0. The molecule has 0 spiro atoms. The predicted octanol–water partition coefficient (Wildman–Crippen LogP) is 3.18. The maximum atomic E-state index is 13.5. The standard InChI is InChI=1S/C27H33N3O3/c1-19-7-4-9-21(15-19)22-10-5-8-20(16-22)17-27(26(33)29(2)3)13-6-14-30(18-27)25(32)23-11-12-24(31)28-23/h4-5,7-10,15-16,23H,6,11-14,17-18H2,1-3H3,(H,28,31)/t23-,27-/m0/s1. The Hall–Kier alpha value is -3.15. The van der Waals surface area contributed by atoms with Gasteiger partial charge in [-0.25, -0.2) is 0 Å². The van der Waals surface area contributed by atoms with Gasteiger partial charge < -0.3 is 15.1 Å². The molecule has 2 heterocycles. The zero-order valence-corrected chi connectivity index (χ0v) is 19.8. The molecule has 2 fully saturated rings. The summed E-state index contributed by atoms with van der Waals surface area (Å²) in [7, 11) is 3.57. The van der Waals surface area contributed by atoms with Crippen LogP contribution in [0.4, 0.5) is 0 Å². The minimum atomic E-state index is -0.675. The Balaban J connectivity index is 1.61. The minimum absolute atomic E-state index is 0.0522. The van der Waals surface area contributed by atoms with Gasteiger partial charge in [0, 0.05) is 33.6 Å². The van der Waals surface area contributed by atoms with E-state index in [1.807, 2.05) is 6.07 Å². The second-order valence-corrected chi connectivity index (χ2v) is 9.75. The van der Waals surface area contributed by atoms with Crippen molar-refractivity contribution in [2.24, 2.45) is 5.41 Å². The van der Waals surface area contributed by atoms with Crippen molar-refractivity contribution in [3.05, 3.63) is 59.7 Å². The molecule has 0 saturated carbocycles. The van der Waals surface area contributed by atoms with Crippen LogP contribution in [0.2, 0.25) is 0 Å². The number of hydrogen-bond donors (Lipinski definition) is 1. The lowest BCUT2D eigenvalue weighted by Crippen LogP contribution is -2.56. The average molecular weight is 448 g/mol. The van der Waals surface area contributed by atoms with Gasteiger partial charge in [-0.1, -0.05) is 54.1 Å². The number of carbonyl (C=O) groups is 3. The molecule has 0 unspecified atom stereocenters. The Morgan fingerprint density at radius 1 is 1.12 bits per heavy atom. The molecule has 2 saturated heterocycles. The highest BCUT2D eigenvalue weighted by molar-refractivity contribution is 5.91. The molecule has 2 aromatic rings. The highest BCUT2D eigenvalue weighted by Crippen LogP contribution is 2.37. The van der Waals surface area contributed by atoms with Gasteiger partial charge in [-0.15, -0.1) is 0 Å². The zero-order chi connectivity index (χ0) is 23.6. The molecular formula is C27H33N3O3. The lowest BCUT2D eigenvalue weighted by Gasteiger charge is -2.43. The van der Waals surface area contributed by atoms with Crippen LogP contribution in [0.5, 0.6) is 0 Å². The number of aryl methyl sites for hydroxylation is 1. The summed E-state index contributed by atoms with van der Waals surface area (Å²) in [4.78, 5) is 41.7. The van der Waals surface area contributed by atoms with E-state index in [9.17, 15) is 14.4 Å². The fraction of sp³-hybridized carbons (Fsp3) is 0.444. The van der Waals surface area contributed by atoms with Crippen LogP contribution in [0.1, 0.15) is 36.8 Å². The van der Waals surface area contributed by atoms with Gasteiger partial charge in [-0.2, -0.15) is 0 Å². The van der Waals surface area contributed by atoms with Crippen molar-refractivity contribution >= 4 is 17.7 Å². The molecule has 6 heteroatoms. The molecule has 0 aliphatic carbocycles. The average Bonchev–Trinajstić information content (AvgIpc) is 3.24. The highest BCUT2D eigenvalue weighted by Gasteiger charge is 2.45. The first kappa shape index (κ1) is 23.0. The monoisotopic (exact) mass is 447 g/mol. The van der Waals surface area contributed by atoms with Crippen molar-refractivity contribution in [1.29, 1.82) is 0 Å². The van der Waals surface area contributed by atoms with Gasteiger partial charge in [-0.3, -0.25) is 14.4 Å². The summed E-state index contributed by atoms with van der Waals surface area (Å²) in [6.07, 6.45) is 2.99. The maximum absolute atomic E-state index is 13.5. The summed E-state index contributed by atoms with van der Waals surface area (Å²) in [6.45, 7) is 3.08. The van der Waals surface area contributed by atoms with Crippen LogP contribution in [0.25, 0.3) is 11.1 Å². The number of carbonyl (C=O) groups excluding carboxylic acids is 3. The van der Waals surface area contributed by atoms with E-state index in [0.717, 1.165) is 29.5 Å². The molecule has 2 aromatic carbocycles.